The summed E-state index contributed by atoms with van der Waals surface area (Å²) in [5.74, 6) is 2.55. The minimum Gasteiger partial charge on any atom is -0.493 e. The largest absolute Gasteiger partial charge is 0.493 e. The lowest BCUT2D eigenvalue weighted by atomic mass is 9.68. The number of hydrogen-bond donors (Lipinski definition) is 0. The fourth-order valence-electron chi connectivity index (χ4n) is 8.02. The average Bonchev–Trinajstić information content (AvgIpc) is 3.87. The van der Waals surface area contributed by atoms with E-state index in [0.29, 0.717) is 57.1 Å². The number of benzene rings is 2. The van der Waals surface area contributed by atoms with Crippen molar-refractivity contribution >= 4 is 18.4 Å². The van der Waals surface area contributed by atoms with Gasteiger partial charge in [0.05, 0.1) is 37.3 Å². The zero-order valence-corrected chi connectivity index (χ0v) is 29.8. The number of methoxy groups -OCH3 is 4. The molecule has 4 saturated carbocycles. The Morgan fingerprint density at radius 1 is 0.571 bits per heavy atom. The summed E-state index contributed by atoms with van der Waals surface area (Å²) in [7, 11) is 6.61. The molecular weight excluding hydrogens is 624 g/mol. The van der Waals surface area contributed by atoms with Crippen LogP contribution in [-0.4, -0.2) is 64.8 Å². The van der Waals surface area contributed by atoms with Crippen molar-refractivity contribution in [3.63, 3.8) is 0 Å². The maximum absolute atomic E-state index is 12.1. The van der Waals surface area contributed by atoms with Crippen molar-refractivity contribution in [3.05, 3.63) is 47.5 Å². The molecule has 4 fully saturated rings. The van der Waals surface area contributed by atoms with Crippen LogP contribution in [-0.2, 0) is 34.7 Å². The minimum absolute atomic E-state index is 0.235. The number of ether oxygens (including phenoxy) is 6. The summed E-state index contributed by atoms with van der Waals surface area (Å²) in [4.78, 5) is 35.5. The molecule has 6 rings (SSSR count). The third-order valence-corrected chi connectivity index (χ3v) is 11.5. The number of ketones is 1. The summed E-state index contributed by atoms with van der Waals surface area (Å²) in [6.45, 7) is 0. The summed E-state index contributed by atoms with van der Waals surface area (Å²) in [6, 6.07) is 11.7. The molecule has 268 valence electrons. The van der Waals surface area contributed by atoms with E-state index in [-0.39, 0.29) is 18.0 Å². The summed E-state index contributed by atoms with van der Waals surface area (Å²) in [6.07, 6.45) is 16.6. The van der Waals surface area contributed by atoms with Gasteiger partial charge in [-0.15, -0.1) is 0 Å². The smallest absolute Gasteiger partial charge is 0.167 e. The van der Waals surface area contributed by atoms with Gasteiger partial charge in [0.15, 0.2) is 28.8 Å². The fraction of sp³-hybridized carbons (Fsp3) is 0.625. The molecule has 49 heavy (non-hydrogen) atoms. The van der Waals surface area contributed by atoms with Crippen molar-refractivity contribution in [1.29, 1.82) is 0 Å². The van der Waals surface area contributed by atoms with E-state index < -0.39 is 16.6 Å². The molecule has 0 radical (unpaired) electrons. The van der Waals surface area contributed by atoms with Crippen LogP contribution in [0.1, 0.15) is 114 Å². The van der Waals surface area contributed by atoms with Crippen LogP contribution < -0.4 is 18.9 Å². The number of hydrogen-bond acceptors (Lipinski definition) is 9. The Balaban J connectivity index is 0.000000192. The van der Waals surface area contributed by atoms with Gasteiger partial charge in [0.25, 0.3) is 0 Å². The number of aldehydes is 2. The molecule has 0 aliphatic heterocycles. The number of Topliss-reactive ketones (excluding diaryl/α,β-unsaturated/α-hetero) is 1. The lowest BCUT2D eigenvalue weighted by molar-refractivity contribution is -0.228. The molecule has 0 bridgehead atoms. The average molecular weight is 679 g/mol. The zero-order chi connectivity index (χ0) is 34.9. The van der Waals surface area contributed by atoms with Crippen LogP contribution >= 0.6 is 0 Å². The first-order valence-electron chi connectivity index (χ1n) is 18.0. The van der Waals surface area contributed by atoms with Gasteiger partial charge in [-0.3, -0.25) is 4.79 Å². The molecule has 0 amide bonds. The Labute approximate surface area is 291 Å². The standard InChI is InChI=1S/C21H30O5.C19H24O4/c1-23-18-9-8-16(14-19(18)26-17-6-4-5-7-17)20(15-22)10-12-21(24-2,25-3)13-11-20;1-22-17-7-6-14(12-18(17)23-16-4-2-3-5-16)19(13-20)10-8-15(21)9-11-19/h8-9,14-15,17H,4-7,10-13H2,1-3H3;6-7,12-13,16H,2-5,8-11H2,1H3. The van der Waals surface area contributed by atoms with Crippen LogP contribution in [0.15, 0.2) is 36.4 Å². The molecule has 0 N–H and O–H groups in total. The SMILES string of the molecule is COc1ccc(C2(C=O)CCC(=O)CC2)cc1OC1CCCC1.COc1ccc(C2(C=O)CCC(OC)(OC)CC2)cc1OC1CCCC1. The molecule has 0 aromatic heterocycles. The van der Waals surface area contributed by atoms with Crippen LogP contribution in [0, 0.1) is 0 Å². The normalized spacial score (nSPS) is 21.7. The highest BCUT2D eigenvalue weighted by Crippen LogP contribution is 2.46. The quantitative estimate of drug-likeness (QED) is 0.166. The van der Waals surface area contributed by atoms with Gasteiger partial charge in [-0.2, -0.15) is 0 Å². The van der Waals surface area contributed by atoms with Gasteiger partial charge in [-0.25, -0.2) is 0 Å². The molecule has 4 aliphatic rings. The molecule has 4 aliphatic carbocycles. The Morgan fingerprint density at radius 3 is 1.35 bits per heavy atom. The second kappa shape index (κ2) is 16.5. The summed E-state index contributed by atoms with van der Waals surface area (Å²) >= 11 is 0. The Hall–Kier alpha value is -3.43. The van der Waals surface area contributed by atoms with E-state index in [2.05, 4.69) is 0 Å². The maximum atomic E-state index is 12.1. The van der Waals surface area contributed by atoms with Gasteiger partial charge >= 0.3 is 0 Å². The summed E-state index contributed by atoms with van der Waals surface area (Å²) < 4.78 is 34.4. The van der Waals surface area contributed by atoms with E-state index >= 15 is 0 Å². The van der Waals surface area contributed by atoms with Gasteiger partial charge in [-0.1, -0.05) is 12.1 Å². The van der Waals surface area contributed by atoms with Gasteiger partial charge in [0, 0.05) is 39.9 Å². The Bertz CT molecular complexity index is 1400. The number of carbonyl (C=O) groups excluding carboxylic acids is 3. The fourth-order valence-corrected chi connectivity index (χ4v) is 8.02. The van der Waals surface area contributed by atoms with Crippen LogP contribution in [0.3, 0.4) is 0 Å². The second-order valence-corrected chi connectivity index (χ2v) is 14.2. The van der Waals surface area contributed by atoms with Crippen molar-refractivity contribution in [2.24, 2.45) is 0 Å². The van der Waals surface area contributed by atoms with Crippen LogP contribution in [0.4, 0.5) is 0 Å². The lowest BCUT2D eigenvalue weighted by Gasteiger charge is -2.42. The first kappa shape index (κ1) is 36.8. The third kappa shape index (κ3) is 8.31. The summed E-state index contributed by atoms with van der Waals surface area (Å²) in [5, 5.41) is 0. The van der Waals surface area contributed by atoms with Gasteiger partial charge < -0.3 is 38.0 Å². The minimum atomic E-state index is -0.581. The van der Waals surface area contributed by atoms with Crippen molar-refractivity contribution in [2.45, 2.75) is 132 Å². The second-order valence-electron chi connectivity index (χ2n) is 14.2. The molecule has 0 heterocycles. The van der Waals surface area contributed by atoms with E-state index in [4.69, 9.17) is 28.4 Å². The van der Waals surface area contributed by atoms with Crippen molar-refractivity contribution < 1.29 is 42.8 Å². The van der Waals surface area contributed by atoms with Crippen LogP contribution in [0.2, 0.25) is 0 Å². The highest BCUT2D eigenvalue weighted by atomic mass is 16.7. The van der Waals surface area contributed by atoms with E-state index in [1.807, 2.05) is 36.4 Å². The summed E-state index contributed by atoms with van der Waals surface area (Å²) in [5.41, 5.74) is 0.838. The Morgan fingerprint density at radius 2 is 0.980 bits per heavy atom. The monoisotopic (exact) mass is 678 g/mol. The molecule has 2 aromatic rings. The topological polar surface area (TPSA) is 107 Å². The molecule has 9 nitrogen and oxygen atoms in total. The van der Waals surface area contributed by atoms with Gasteiger partial charge in [0.1, 0.15) is 18.4 Å². The van der Waals surface area contributed by atoms with Gasteiger partial charge in [-0.05, 0) is 112 Å². The first-order chi connectivity index (χ1) is 23.8. The molecular formula is C40H54O9. The lowest BCUT2D eigenvalue weighted by Crippen LogP contribution is -2.44. The van der Waals surface area contributed by atoms with Crippen LogP contribution in [0.25, 0.3) is 0 Å². The van der Waals surface area contributed by atoms with E-state index in [1.165, 1.54) is 25.7 Å². The number of carbonyl (C=O) groups is 3. The van der Waals surface area contributed by atoms with Crippen molar-refractivity contribution in [2.75, 3.05) is 28.4 Å². The van der Waals surface area contributed by atoms with Crippen LogP contribution in [0.5, 0.6) is 23.0 Å². The maximum Gasteiger partial charge on any atom is 0.167 e. The third-order valence-electron chi connectivity index (χ3n) is 11.5. The predicted molar refractivity (Wildman–Crippen MR) is 186 cm³/mol. The predicted octanol–water partition coefficient (Wildman–Crippen LogP) is 7.61. The Kier molecular flexibility index (Phi) is 12.4. The molecule has 2 aromatic carbocycles. The van der Waals surface area contributed by atoms with Crippen molar-refractivity contribution in [1.82, 2.24) is 0 Å². The van der Waals surface area contributed by atoms with Crippen molar-refractivity contribution in [3.8, 4) is 23.0 Å². The zero-order valence-electron chi connectivity index (χ0n) is 29.8. The highest BCUT2D eigenvalue weighted by molar-refractivity contribution is 5.83. The van der Waals surface area contributed by atoms with E-state index in [1.54, 1.807) is 28.4 Å². The molecule has 0 atom stereocenters. The molecule has 9 heteroatoms. The number of rotatable bonds is 12. The highest BCUT2D eigenvalue weighted by Gasteiger charge is 2.45. The van der Waals surface area contributed by atoms with E-state index in [9.17, 15) is 14.4 Å². The van der Waals surface area contributed by atoms with Gasteiger partial charge in [0.2, 0.25) is 0 Å². The van der Waals surface area contributed by atoms with E-state index in [0.717, 1.165) is 66.6 Å². The molecule has 0 unspecified atom stereocenters. The first-order valence-corrected chi connectivity index (χ1v) is 18.0. The molecule has 0 spiro atoms. The molecule has 0 saturated heterocycles.